The zero-order chi connectivity index (χ0) is 15.9. The zero-order valence-corrected chi connectivity index (χ0v) is 13.5. The van der Waals surface area contributed by atoms with E-state index in [4.69, 9.17) is 10.2 Å². The van der Waals surface area contributed by atoms with Crippen LogP contribution in [0.3, 0.4) is 0 Å². The Labute approximate surface area is 128 Å². The highest BCUT2D eigenvalue weighted by Crippen LogP contribution is 2.16. The molecule has 0 aliphatic rings. The number of carboxylic acid groups (broad SMARTS) is 2. The molecule has 124 valence electrons. The van der Waals surface area contributed by atoms with Crippen LogP contribution in [0.1, 0.15) is 90.4 Å². The minimum absolute atomic E-state index is 0.157. The molecule has 0 aliphatic heterocycles. The number of carbonyl (C=O) groups is 2. The van der Waals surface area contributed by atoms with Crippen molar-refractivity contribution in [2.75, 3.05) is 0 Å². The van der Waals surface area contributed by atoms with Gasteiger partial charge in [0.2, 0.25) is 0 Å². The fourth-order valence-electron chi connectivity index (χ4n) is 2.58. The SMILES string of the molecule is CCC(CCCCCCCCCCCCC(=O)O)C(=O)O. The lowest BCUT2D eigenvalue weighted by Gasteiger charge is -2.08. The van der Waals surface area contributed by atoms with Crippen LogP contribution in [0.2, 0.25) is 0 Å². The van der Waals surface area contributed by atoms with Crippen LogP contribution in [0.5, 0.6) is 0 Å². The van der Waals surface area contributed by atoms with Crippen molar-refractivity contribution in [1.29, 1.82) is 0 Å². The van der Waals surface area contributed by atoms with Gasteiger partial charge in [0.25, 0.3) is 0 Å². The Kier molecular flexibility index (Phi) is 13.2. The van der Waals surface area contributed by atoms with E-state index < -0.39 is 11.9 Å². The summed E-state index contributed by atoms with van der Waals surface area (Å²) in [6, 6.07) is 0. The van der Waals surface area contributed by atoms with Crippen molar-refractivity contribution in [3.8, 4) is 0 Å². The predicted molar refractivity (Wildman–Crippen MR) is 84.5 cm³/mol. The molecule has 0 aromatic rings. The molecule has 0 bridgehead atoms. The number of hydrogen-bond acceptors (Lipinski definition) is 2. The first kappa shape index (κ1) is 19.9. The van der Waals surface area contributed by atoms with Gasteiger partial charge in [-0.05, 0) is 19.3 Å². The van der Waals surface area contributed by atoms with E-state index in [9.17, 15) is 9.59 Å². The van der Waals surface area contributed by atoms with Gasteiger partial charge in [-0.25, -0.2) is 0 Å². The second kappa shape index (κ2) is 13.9. The van der Waals surface area contributed by atoms with Gasteiger partial charge in [0.15, 0.2) is 0 Å². The minimum Gasteiger partial charge on any atom is -0.481 e. The maximum absolute atomic E-state index is 10.8. The lowest BCUT2D eigenvalue weighted by atomic mass is 9.98. The highest BCUT2D eigenvalue weighted by Gasteiger charge is 2.13. The smallest absolute Gasteiger partial charge is 0.306 e. The molecule has 0 saturated carbocycles. The summed E-state index contributed by atoms with van der Waals surface area (Å²) in [4.78, 5) is 21.2. The van der Waals surface area contributed by atoms with Gasteiger partial charge in [-0.2, -0.15) is 0 Å². The first-order valence-corrected chi connectivity index (χ1v) is 8.52. The van der Waals surface area contributed by atoms with Gasteiger partial charge in [-0.3, -0.25) is 9.59 Å². The predicted octanol–water partition coefficient (Wildman–Crippen LogP) is 4.86. The van der Waals surface area contributed by atoms with E-state index in [1.54, 1.807) is 0 Å². The Morgan fingerprint density at radius 2 is 1.19 bits per heavy atom. The van der Waals surface area contributed by atoms with Crippen molar-refractivity contribution in [1.82, 2.24) is 0 Å². The van der Waals surface area contributed by atoms with Crippen LogP contribution in [0.4, 0.5) is 0 Å². The van der Waals surface area contributed by atoms with Gasteiger partial charge in [0.05, 0.1) is 5.92 Å². The van der Waals surface area contributed by atoms with Crippen molar-refractivity contribution in [2.24, 2.45) is 5.92 Å². The molecule has 1 unspecified atom stereocenters. The second-order valence-electron chi connectivity index (χ2n) is 5.91. The van der Waals surface area contributed by atoms with Crippen LogP contribution in [0.25, 0.3) is 0 Å². The summed E-state index contributed by atoms with van der Waals surface area (Å²) in [6.45, 7) is 1.94. The third-order valence-electron chi connectivity index (χ3n) is 4.04. The summed E-state index contributed by atoms with van der Waals surface area (Å²) in [6.07, 6.45) is 13.1. The number of rotatable bonds is 15. The van der Waals surface area contributed by atoms with E-state index >= 15 is 0 Å². The molecule has 21 heavy (non-hydrogen) atoms. The summed E-state index contributed by atoms with van der Waals surface area (Å²) in [5.41, 5.74) is 0. The van der Waals surface area contributed by atoms with Gasteiger partial charge in [0, 0.05) is 6.42 Å². The highest BCUT2D eigenvalue weighted by atomic mass is 16.4. The van der Waals surface area contributed by atoms with Crippen molar-refractivity contribution in [3.63, 3.8) is 0 Å². The van der Waals surface area contributed by atoms with E-state index in [0.29, 0.717) is 6.42 Å². The van der Waals surface area contributed by atoms with Crippen LogP contribution in [0, 0.1) is 5.92 Å². The molecular formula is C17H32O4. The van der Waals surface area contributed by atoms with Crippen molar-refractivity contribution < 1.29 is 19.8 Å². The summed E-state index contributed by atoms with van der Waals surface area (Å²) in [5.74, 6) is -1.50. The number of aliphatic carboxylic acids is 2. The third-order valence-corrected chi connectivity index (χ3v) is 4.04. The van der Waals surface area contributed by atoms with E-state index in [1.807, 2.05) is 6.92 Å². The quantitative estimate of drug-likeness (QED) is 0.423. The molecule has 4 nitrogen and oxygen atoms in total. The summed E-state index contributed by atoms with van der Waals surface area (Å²) in [7, 11) is 0. The van der Waals surface area contributed by atoms with Gasteiger partial charge in [-0.15, -0.1) is 0 Å². The topological polar surface area (TPSA) is 74.6 Å². The summed E-state index contributed by atoms with van der Waals surface area (Å²) >= 11 is 0. The molecule has 0 fully saturated rings. The van der Waals surface area contributed by atoms with Crippen LogP contribution < -0.4 is 0 Å². The lowest BCUT2D eigenvalue weighted by molar-refractivity contribution is -0.142. The van der Waals surface area contributed by atoms with Crippen LogP contribution >= 0.6 is 0 Å². The summed E-state index contributed by atoms with van der Waals surface area (Å²) in [5, 5.41) is 17.4. The lowest BCUT2D eigenvalue weighted by Crippen LogP contribution is -2.12. The average molecular weight is 300 g/mol. The number of unbranched alkanes of at least 4 members (excludes halogenated alkanes) is 9. The standard InChI is InChI=1S/C17H32O4/c1-2-15(17(20)21)13-11-9-7-5-3-4-6-8-10-12-14-16(18)19/h15H,2-14H2,1H3,(H,18,19)(H,20,21). The van der Waals surface area contributed by atoms with E-state index in [0.717, 1.165) is 44.9 Å². The zero-order valence-electron chi connectivity index (χ0n) is 13.5. The van der Waals surface area contributed by atoms with Crippen molar-refractivity contribution in [3.05, 3.63) is 0 Å². The molecule has 0 aliphatic carbocycles. The molecule has 0 aromatic heterocycles. The Bertz CT molecular complexity index is 276. The molecule has 0 heterocycles. The Balaban J connectivity index is 3.19. The van der Waals surface area contributed by atoms with Crippen LogP contribution in [0.15, 0.2) is 0 Å². The summed E-state index contributed by atoms with van der Waals surface area (Å²) < 4.78 is 0. The van der Waals surface area contributed by atoms with Gasteiger partial charge < -0.3 is 10.2 Å². The molecular weight excluding hydrogens is 268 g/mol. The molecule has 0 saturated heterocycles. The minimum atomic E-state index is -0.691. The van der Waals surface area contributed by atoms with E-state index in [2.05, 4.69) is 0 Å². The first-order chi connectivity index (χ1) is 10.1. The maximum Gasteiger partial charge on any atom is 0.306 e. The molecule has 0 spiro atoms. The van der Waals surface area contributed by atoms with Crippen LogP contribution in [-0.2, 0) is 9.59 Å². The van der Waals surface area contributed by atoms with Crippen molar-refractivity contribution in [2.45, 2.75) is 90.4 Å². The number of carboxylic acids is 2. The molecule has 0 radical (unpaired) electrons. The van der Waals surface area contributed by atoms with Gasteiger partial charge in [-0.1, -0.05) is 64.7 Å². The normalized spacial score (nSPS) is 12.2. The average Bonchev–Trinajstić information content (AvgIpc) is 2.43. The monoisotopic (exact) mass is 300 g/mol. The maximum atomic E-state index is 10.8. The van der Waals surface area contributed by atoms with Crippen LogP contribution in [-0.4, -0.2) is 22.2 Å². The molecule has 4 heteroatoms. The van der Waals surface area contributed by atoms with E-state index in [-0.39, 0.29) is 5.92 Å². The highest BCUT2D eigenvalue weighted by molar-refractivity contribution is 5.69. The Morgan fingerprint density at radius 3 is 1.57 bits per heavy atom. The second-order valence-corrected chi connectivity index (χ2v) is 5.91. The number of hydrogen-bond donors (Lipinski definition) is 2. The fourth-order valence-corrected chi connectivity index (χ4v) is 2.58. The molecule has 0 rings (SSSR count). The molecule has 2 N–H and O–H groups in total. The third kappa shape index (κ3) is 13.7. The molecule has 0 aromatic carbocycles. The Hall–Kier alpha value is -1.06. The molecule has 0 amide bonds. The van der Waals surface area contributed by atoms with E-state index in [1.165, 1.54) is 32.1 Å². The van der Waals surface area contributed by atoms with Gasteiger partial charge >= 0.3 is 11.9 Å². The Morgan fingerprint density at radius 1 is 0.762 bits per heavy atom. The molecule has 1 atom stereocenters. The van der Waals surface area contributed by atoms with Crippen molar-refractivity contribution >= 4 is 11.9 Å². The first-order valence-electron chi connectivity index (χ1n) is 8.52. The van der Waals surface area contributed by atoms with Gasteiger partial charge in [0.1, 0.15) is 0 Å². The largest absolute Gasteiger partial charge is 0.481 e. The fraction of sp³-hybridized carbons (Fsp3) is 0.882.